The number of aliphatic hydroxyl groups is 2. The van der Waals surface area contributed by atoms with Gasteiger partial charge < -0.3 is 20.8 Å². The summed E-state index contributed by atoms with van der Waals surface area (Å²) in [6.07, 6.45) is -1.02. The first-order chi connectivity index (χ1) is 7.50. The van der Waals surface area contributed by atoms with Gasteiger partial charge in [0, 0.05) is 24.3 Å². The lowest BCUT2D eigenvalue weighted by molar-refractivity contribution is 0.0910. The van der Waals surface area contributed by atoms with Gasteiger partial charge in [0.15, 0.2) is 0 Å². The summed E-state index contributed by atoms with van der Waals surface area (Å²) in [4.78, 5) is 1.88. The summed E-state index contributed by atoms with van der Waals surface area (Å²) in [5, 5.41) is 19.2. The number of nitrogens with two attached hydrogens (primary N) is 1. The SMILES string of the molecule is CC(O)CN(C)CC(O)c1ccccc1N. The molecule has 0 saturated heterocycles. The molecule has 0 aliphatic heterocycles. The van der Waals surface area contributed by atoms with Crippen LogP contribution in [-0.2, 0) is 0 Å². The van der Waals surface area contributed by atoms with Gasteiger partial charge in [-0.1, -0.05) is 18.2 Å². The Balaban J connectivity index is 2.58. The molecule has 1 aromatic rings. The van der Waals surface area contributed by atoms with Crippen LogP contribution >= 0.6 is 0 Å². The summed E-state index contributed by atoms with van der Waals surface area (Å²) in [6, 6.07) is 7.28. The first kappa shape index (κ1) is 13.0. The first-order valence-electron chi connectivity index (χ1n) is 5.39. The standard InChI is InChI=1S/C12H20N2O2/c1-9(15)7-14(2)8-12(16)10-5-3-4-6-11(10)13/h3-6,9,12,15-16H,7-8,13H2,1-2H3. The van der Waals surface area contributed by atoms with Crippen LogP contribution < -0.4 is 5.73 Å². The third-order valence-electron chi connectivity index (χ3n) is 2.42. The number of nitrogen functional groups attached to an aromatic ring is 1. The third kappa shape index (κ3) is 3.81. The highest BCUT2D eigenvalue weighted by Gasteiger charge is 2.13. The summed E-state index contributed by atoms with van der Waals surface area (Å²) in [7, 11) is 1.86. The smallest absolute Gasteiger partial charge is 0.0936 e. The number of aliphatic hydroxyl groups excluding tert-OH is 2. The summed E-state index contributed by atoms with van der Waals surface area (Å²) in [6.45, 7) is 2.71. The zero-order valence-electron chi connectivity index (χ0n) is 9.80. The highest BCUT2D eigenvalue weighted by molar-refractivity contribution is 5.47. The van der Waals surface area contributed by atoms with Crippen molar-refractivity contribution < 1.29 is 10.2 Å². The van der Waals surface area contributed by atoms with Gasteiger partial charge in [-0.3, -0.25) is 0 Å². The number of anilines is 1. The van der Waals surface area contributed by atoms with Gasteiger partial charge in [0.05, 0.1) is 12.2 Å². The lowest BCUT2D eigenvalue weighted by Gasteiger charge is -2.22. The van der Waals surface area contributed by atoms with Crippen LogP contribution in [0.2, 0.25) is 0 Å². The van der Waals surface area contributed by atoms with Crippen LogP contribution in [0.3, 0.4) is 0 Å². The van der Waals surface area contributed by atoms with E-state index < -0.39 is 12.2 Å². The van der Waals surface area contributed by atoms with E-state index in [9.17, 15) is 10.2 Å². The molecule has 0 spiro atoms. The average Bonchev–Trinajstić information content (AvgIpc) is 2.16. The molecule has 0 heterocycles. The molecule has 0 amide bonds. The molecule has 0 fully saturated rings. The zero-order chi connectivity index (χ0) is 12.1. The molecule has 0 aliphatic rings. The van der Waals surface area contributed by atoms with Crippen molar-refractivity contribution in [3.8, 4) is 0 Å². The van der Waals surface area contributed by atoms with Crippen LogP contribution in [0.5, 0.6) is 0 Å². The largest absolute Gasteiger partial charge is 0.398 e. The minimum atomic E-state index is -0.620. The Labute approximate surface area is 96.3 Å². The topological polar surface area (TPSA) is 69.7 Å². The maximum atomic E-state index is 9.98. The molecule has 4 heteroatoms. The molecule has 0 aromatic heterocycles. The van der Waals surface area contributed by atoms with E-state index in [1.165, 1.54) is 0 Å². The summed E-state index contributed by atoms with van der Waals surface area (Å²) in [5.41, 5.74) is 7.10. The monoisotopic (exact) mass is 224 g/mol. The molecule has 2 atom stereocenters. The molecule has 2 unspecified atom stereocenters. The molecule has 0 saturated carbocycles. The van der Waals surface area contributed by atoms with Crippen LogP contribution in [0.1, 0.15) is 18.6 Å². The van der Waals surface area contributed by atoms with E-state index in [1.807, 2.05) is 30.1 Å². The normalized spacial score (nSPS) is 15.1. The number of benzene rings is 1. The minimum Gasteiger partial charge on any atom is -0.398 e. The molecule has 90 valence electrons. The molecule has 16 heavy (non-hydrogen) atoms. The van der Waals surface area contributed by atoms with Crippen LogP contribution in [0.4, 0.5) is 5.69 Å². The predicted octanol–water partition coefficient (Wildman–Crippen LogP) is 0.615. The van der Waals surface area contributed by atoms with Crippen LogP contribution in [0.15, 0.2) is 24.3 Å². The minimum absolute atomic E-state index is 0.398. The maximum Gasteiger partial charge on any atom is 0.0936 e. The van der Waals surface area contributed by atoms with Gasteiger partial charge in [0.1, 0.15) is 0 Å². The molecule has 0 radical (unpaired) electrons. The highest BCUT2D eigenvalue weighted by Crippen LogP contribution is 2.20. The highest BCUT2D eigenvalue weighted by atomic mass is 16.3. The van der Waals surface area contributed by atoms with Crippen molar-refractivity contribution >= 4 is 5.69 Å². The summed E-state index contributed by atoms with van der Waals surface area (Å²) >= 11 is 0. The fourth-order valence-corrected chi connectivity index (χ4v) is 1.73. The molecule has 0 aliphatic carbocycles. The van der Waals surface area contributed by atoms with Crippen molar-refractivity contribution in [2.75, 3.05) is 25.9 Å². The zero-order valence-corrected chi connectivity index (χ0v) is 9.80. The second-order valence-corrected chi connectivity index (χ2v) is 4.21. The molecular formula is C12H20N2O2. The van der Waals surface area contributed by atoms with Crippen molar-refractivity contribution in [3.63, 3.8) is 0 Å². The second kappa shape index (κ2) is 5.84. The van der Waals surface area contributed by atoms with Crippen molar-refractivity contribution in [2.45, 2.75) is 19.1 Å². The van der Waals surface area contributed by atoms with E-state index in [4.69, 9.17) is 5.73 Å². The van der Waals surface area contributed by atoms with Gasteiger partial charge in [-0.05, 0) is 20.0 Å². The number of likely N-dealkylation sites (N-methyl/N-ethyl adjacent to an activating group) is 1. The Kier molecular flexibility index (Phi) is 4.73. The number of para-hydroxylation sites is 1. The van der Waals surface area contributed by atoms with Gasteiger partial charge in [-0.2, -0.15) is 0 Å². The van der Waals surface area contributed by atoms with Crippen molar-refractivity contribution in [1.82, 2.24) is 4.90 Å². The number of hydrogen-bond acceptors (Lipinski definition) is 4. The fraction of sp³-hybridized carbons (Fsp3) is 0.500. The number of hydrogen-bond donors (Lipinski definition) is 3. The van der Waals surface area contributed by atoms with Crippen molar-refractivity contribution in [2.24, 2.45) is 0 Å². The van der Waals surface area contributed by atoms with Gasteiger partial charge in [-0.15, -0.1) is 0 Å². The molecule has 4 N–H and O–H groups in total. The molecule has 1 aromatic carbocycles. The molecule has 0 bridgehead atoms. The van der Waals surface area contributed by atoms with E-state index in [0.29, 0.717) is 18.8 Å². The second-order valence-electron chi connectivity index (χ2n) is 4.21. The lowest BCUT2D eigenvalue weighted by atomic mass is 10.1. The van der Waals surface area contributed by atoms with E-state index >= 15 is 0 Å². The van der Waals surface area contributed by atoms with Crippen LogP contribution in [-0.4, -0.2) is 41.4 Å². The Hall–Kier alpha value is -1.10. The Bertz CT molecular complexity index is 329. The third-order valence-corrected chi connectivity index (χ3v) is 2.42. The molecule has 4 nitrogen and oxygen atoms in total. The van der Waals surface area contributed by atoms with E-state index in [1.54, 1.807) is 13.0 Å². The summed E-state index contributed by atoms with van der Waals surface area (Å²) < 4.78 is 0. The van der Waals surface area contributed by atoms with E-state index in [-0.39, 0.29) is 0 Å². The lowest BCUT2D eigenvalue weighted by Crippen LogP contribution is -2.31. The average molecular weight is 224 g/mol. The summed E-state index contributed by atoms with van der Waals surface area (Å²) in [5.74, 6) is 0. The van der Waals surface area contributed by atoms with E-state index in [0.717, 1.165) is 5.56 Å². The van der Waals surface area contributed by atoms with Gasteiger partial charge in [0.2, 0.25) is 0 Å². The van der Waals surface area contributed by atoms with Gasteiger partial charge in [-0.25, -0.2) is 0 Å². The van der Waals surface area contributed by atoms with Crippen LogP contribution in [0, 0.1) is 0 Å². The Morgan fingerprint density at radius 1 is 1.25 bits per heavy atom. The van der Waals surface area contributed by atoms with Crippen molar-refractivity contribution in [3.05, 3.63) is 29.8 Å². The molecular weight excluding hydrogens is 204 g/mol. The Morgan fingerprint density at radius 3 is 2.44 bits per heavy atom. The van der Waals surface area contributed by atoms with Gasteiger partial charge >= 0.3 is 0 Å². The van der Waals surface area contributed by atoms with Gasteiger partial charge in [0.25, 0.3) is 0 Å². The predicted molar refractivity (Wildman–Crippen MR) is 65.0 cm³/mol. The Morgan fingerprint density at radius 2 is 1.88 bits per heavy atom. The van der Waals surface area contributed by atoms with Crippen molar-refractivity contribution in [1.29, 1.82) is 0 Å². The quantitative estimate of drug-likeness (QED) is 0.641. The molecule has 1 rings (SSSR count). The first-order valence-corrected chi connectivity index (χ1v) is 5.39. The fourth-order valence-electron chi connectivity index (χ4n) is 1.73. The van der Waals surface area contributed by atoms with E-state index in [2.05, 4.69) is 0 Å². The maximum absolute atomic E-state index is 9.98. The number of rotatable bonds is 5. The van der Waals surface area contributed by atoms with Crippen LogP contribution in [0.25, 0.3) is 0 Å². The number of nitrogens with zero attached hydrogens (tertiary/aromatic N) is 1.